The molecule has 0 radical (unpaired) electrons. The zero-order valence-corrected chi connectivity index (χ0v) is 16.9. The minimum atomic E-state index is -0.254. The van der Waals surface area contributed by atoms with E-state index < -0.39 is 0 Å². The fraction of sp³-hybridized carbons (Fsp3) is 0.417. The van der Waals surface area contributed by atoms with Crippen molar-refractivity contribution in [3.63, 3.8) is 0 Å². The third-order valence-corrected chi connectivity index (χ3v) is 6.23. The first-order chi connectivity index (χ1) is 14.2. The third-order valence-electron chi connectivity index (χ3n) is 6.23. The smallest absolute Gasteiger partial charge is 0.338 e. The molecule has 2 heterocycles. The second-order valence-corrected chi connectivity index (χ2v) is 8.45. The number of rotatable bonds is 5. The van der Waals surface area contributed by atoms with Gasteiger partial charge in [-0.3, -0.25) is 9.47 Å². The number of ether oxygens (including phenoxy) is 1. The van der Waals surface area contributed by atoms with Gasteiger partial charge in [-0.2, -0.15) is 0 Å². The molecule has 0 spiro atoms. The fourth-order valence-corrected chi connectivity index (χ4v) is 4.28. The Morgan fingerprint density at radius 2 is 2.03 bits per heavy atom. The number of aromatic nitrogens is 2. The van der Waals surface area contributed by atoms with Gasteiger partial charge in [0.1, 0.15) is 6.33 Å². The molecule has 5 rings (SSSR count). The molecule has 1 atom stereocenters. The lowest BCUT2D eigenvalue weighted by Gasteiger charge is -2.33. The van der Waals surface area contributed by atoms with Crippen molar-refractivity contribution in [1.29, 1.82) is 0 Å². The van der Waals surface area contributed by atoms with E-state index in [1.807, 2.05) is 24.5 Å². The highest BCUT2D eigenvalue weighted by molar-refractivity contribution is 5.94. The molecular formula is C24H27N3O2. The van der Waals surface area contributed by atoms with Crippen LogP contribution >= 0.6 is 0 Å². The van der Waals surface area contributed by atoms with Crippen LogP contribution in [0.2, 0.25) is 0 Å². The molecule has 0 amide bonds. The summed E-state index contributed by atoms with van der Waals surface area (Å²) in [5, 5.41) is 0. The van der Waals surface area contributed by atoms with Crippen molar-refractivity contribution >= 4 is 17.0 Å². The van der Waals surface area contributed by atoms with Crippen molar-refractivity contribution in [1.82, 2.24) is 14.5 Å². The van der Waals surface area contributed by atoms with Gasteiger partial charge in [0.2, 0.25) is 0 Å². The van der Waals surface area contributed by atoms with Crippen molar-refractivity contribution < 1.29 is 9.53 Å². The molecule has 150 valence electrons. The SMILES string of the molecule is CN1CCCCC1c1cccc(-n2cnc3cc(C(=O)OCC4CC4)ccc32)c1. The highest BCUT2D eigenvalue weighted by atomic mass is 16.5. The van der Waals surface area contributed by atoms with Gasteiger partial charge in [0.15, 0.2) is 0 Å². The Balaban J connectivity index is 1.41. The maximum Gasteiger partial charge on any atom is 0.338 e. The molecule has 1 saturated carbocycles. The zero-order valence-electron chi connectivity index (χ0n) is 16.9. The molecule has 5 nitrogen and oxygen atoms in total. The van der Waals surface area contributed by atoms with Crippen molar-refractivity contribution in [2.75, 3.05) is 20.2 Å². The lowest BCUT2D eigenvalue weighted by molar-refractivity contribution is 0.0486. The minimum Gasteiger partial charge on any atom is -0.462 e. The Bertz CT molecular complexity index is 1040. The Kier molecular flexibility index (Phi) is 4.84. The first-order valence-electron chi connectivity index (χ1n) is 10.6. The van der Waals surface area contributed by atoms with E-state index in [1.54, 1.807) is 0 Å². The molecule has 1 aromatic heterocycles. The molecule has 2 fully saturated rings. The summed E-state index contributed by atoms with van der Waals surface area (Å²) in [6.45, 7) is 1.69. The van der Waals surface area contributed by atoms with Gasteiger partial charge in [0.05, 0.1) is 23.2 Å². The maximum absolute atomic E-state index is 12.3. The van der Waals surface area contributed by atoms with Crippen LogP contribution in [0, 0.1) is 5.92 Å². The van der Waals surface area contributed by atoms with E-state index in [0.717, 1.165) is 23.3 Å². The van der Waals surface area contributed by atoms with Crippen LogP contribution in [0.25, 0.3) is 16.7 Å². The third kappa shape index (κ3) is 3.79. The minimum absolute atomic E-state index is 0.254. The Labute approximate surface area is 171 Å². The monoisotopic (exact) mass is 389 g/mol. The van der Waals surface area contributed by atoms with Crippen LogP contribution < -0.4 is 0 Å². The number of esters is 1. The number of hydrogen-bond acceptors (Lipinski definition) is 4. The van der Waals surface area contributed by atoms with Crippen molar-refractivity contribution in [3.8, 4) is 5.69 Å². The lowest BCUT2D eigenvalue weighted by Crippen LogP contribution is -2.29. The van der Waals surface area contributed by atoms with Gasteiger partial charge >= 0.3 is 5.97 Å². The van der Waals surface area contributed by atoms with Crippen LogP contribution in [0.5, 0.6) is 0 Å². The van der Waals surface area contributed by atoms with E-state index in [1.165, 1.54) is 37.7 Å². The van der Waals surface area contributed by atoms with Crippen LogP contribution in [0.4, 0.5) is 0 Å². The Hall–Kier alpha value is -2.66. The largest absolute Gasteiger partial charge is 0.462 e. The van der Waals surface area contributed by atoms with Gasteiger partial charge in [-0.25, -0.2) is 9.78 Å². The van der Waals surface area contributed by atoms with Gasteiger partial charge in [0.25, 0.3) is 0 Å². The lowest BCUT2D eigenvalue weighted by atomic mass is 9.95. The van der Waals surface area contributed by atoms with Gasteiger partial charge < -0.3 is 4.74 Å². The average molecular weight is 389 g/mol. The van der Waals surface area contributed by atoms with E-state index in [0.29, 0.717) is 24.1 Å². The predicted molar refractivity (Wildman–Crippen MR) is 113 cm³/mol. The molecule has 29 heavy (non-hydrogen) atoms. The Morgan fingerprint density at radius 1 is 1.14 bits per heavy atom. The molecule has 2 aliphatic rings. The quantitative estimate of drug-likeness (QED) is 0.591. The molecule has 2 aromatic carbocycles. The van der Waals surface area contributed by atoms with Crippen LogP contribution in [0.1, 0.15) is 54.1 Å². The molecule has 1 aliphatic carbocycles. The number of nitrogens with zero attached hydrogens (tertiary/aromatic N) is 3. The summed E-state index contributed by atoms with van der Waals surface area (Å²) < 4.78 is 7.51. The first kappa shape index (κ1) is 18.4. The standard InChI is InChI=1S/C24H27N3O2/c1-26-12-3-2-7-22(26)18-5-4-6-20(13-18)27-16-25-21-14-19(10-11-23(21)27)24(28)29-15-17-8-9-17/h4-6,10-11,13-14,16-17,22H,2-3,7-9,12,15H2,1H3. The molecule has 0 N–H and O–H groups in total. The fourth-order valence-electron chi connectivity index (χ4n) is 4.28. The number of piperidine rings is 1. The number of carbonyl (C=O) groups is 1. The second kappa shape index (κ2) is 7.64. The second-order valence-electron chi connectivity index (χ2n) is 8.45. The van der Waals surface area contributed by atoms with Gasteiger partial charge in [0, 0.05) is 11.7 Å². The number of imidazole rings is 1. The van der Waals surface area contributed by atoms with Crippen LogP contribution in [-0.2, 0) is 4.74 Å². The maximum atomic E-state index is 12.3. The van der Waals surface area contributed by atoms with E-state index >= 15 is 0 Å². The average Bonchev–Trinajstić information content (AvgIpc) is 3.49. The van der Waals surface area contributed by atoms with Crippen molar-refractivity contribution in [3.05, 3.63) is 59.9 Å². The number of carbonyl (C=O) groups excluding carboxylic acids is 1. The highest BCUT2D eigenvalue weighted by Crippen LogP contribution is 2.31. The summed E-state index contributed by atoms with van der Waals surface area (Å²) in [7, 11) is 2.22. The summed E-state index contributed by atoms with van der Waals surface area (Å²) in [5.41, 5.74) is 4.84. The van der Waals surface area contributed by atoms with E-state index in [2.05, 4.69) is 45.8 Å². The molecule has 1 unspecified atom stereocenters. The van der Waals surface area contributed by atoms with E-state index in [4.69, 9.17) is 4.74 Å². The van der Waals surface area contributed by atoms with E-state index in [-0.39, 0.29) is 5.97 Å². The Morgan fingerprint density at radius 3 is 2.86 bits per heavy atom. The first-order valence-corrected chi connectivity index (χ1v) is 10.6. The highest BCUT2D eigenvalue weighted by Gasteiger charge is 2.24. The van der Waals surface area contributed by atoms with Gasteiger partial charge in [-0.15, -0.1) is 0 Å². The summed E-state index contributed by atoms with van der Waals surface area (Å²) in [6, 6.07) is 14.9. The van der Waals surface area contributed by atoms with Gasteiger partial charge in [-0.05, 0) is 81.1 Å². The zero-order chi connectivity index (χ0) is 19.8. The van der Waals surface area contributed by atoms with Crippen LogP contribution in [0.3, 0.4) is 0 Å². The number of hydrogen-bond donors (Lipinski definition) is 0. The molecular weight excluding hydrogens is 362 g/mol. The summed E-state index contributed by atoms with van der Waals surface area (Å²) >= 11 is 0. The summed E-state index contributed by atoms with van der Waals surface area (Å²) in [5.74, 6) is 0.313. The topological polar surface area (TPSA) is 47.4 Å². The van der Waals surface area contributed by atoms with Crippen molar-refractivity contribution in [2.45, 2.75) is 38.1 Å². The molecule has 1 saturated heterocycles. The molecule has 5 heteroatoms. The molecule has 3 aromatic rings. The summed E-state index contributed by atoms with van der Waals surface area (Å²) in [6.07, 6.45) is 7.96. The normalized spacial score (nSPS) is 20.1. The van der Waals surface area contributed by atoms with Crippen molar-refractivity contribution in [2.24, 2.45) is 5.92 Å². The summed E-state index contributed by atoms with van der Waals surface area (Å²) in [4.78, 5) is 19.3. The molecule has 0 bridgehead atoms. The predicted octanol–water partition coefficient (Wildman–Crippen LogP) is 4.75. The number of likely N-dealkylation sites (tertiary alicyclic amines) is 1. The number of benzene rings is 2. The number of fused-ring (bicyclic) bond motifs is 1. The van der Waals surface area contributed by atoms with Crippen LogP contribution in [-0.4, -0.2) is 40.6 Å². The van der Waals surface area contributed by atoms with E-state index in [9.17, 15) is 4.79 Å². The van der Waals surface area contributed by atoms with Crippen LogP contribution in [0.15, 0.2) is 48.8 Å². The van der Waals surface area contributed by atoms with Gasteiger partial charge in [-0.1, -0.05) is 18.6 Å². The molecule has 1 aliphatic heterocycles.